The third-order valence-corrected chi connectivity index (χ3v) is 7.16. The molecule has 3 aromatic carbocycles. The third-order valence-electron chi connectivity index (χ3n) is 7.16. The molecule has 4 aromatic rings. The third kappa shape index (κ3) is 15.6. The minimum atomic E-state index is -1.03. The van der Waals surface area contributed by atoms with Gasteiger partial charge in [0, 0.05) is 47.9 Å². The maximum Gasteiger partial charge on any atom is 0.411 e. The number of anilines is 4. The molecular weight excluding hydrogens is 642 g/mol. The Labute approximate surface area is 292 Å². The van der Waals surface area contributed by atoms with Crippen molar-refractivity contribution in [2.45, 2.75) is 32.6 Å². The minimum Gasteiger partial charge on any atom is -0.492 e. The van der Waals surface area contributed by atoms with E-state index in [1.54, 1.807) is 60.7 Å². The van der Waals surface area contributed by atoms with Gasteiger partial charge >= 0.3 is 12.1 Å². The van der Waals surface area contributed by atoms with E-state index in [0.717, 1.165) is 45.7 Å². The van der Waals surface area contributed by atoms with Crippen molar-refractivity contribution in [3.63, 3.8) is 0 Å². The van der Waals surface area contributed by atoms with E-state index < -0.39 is 12.1 Å². The van der Waals surface area contributed by atoms with Crippen molar-refractivity contribution in [3.05, 3.63) is 103 Å². The van der Waals surface area contributed by atoms with E-state index in [1.165, 1.54) is 31.2 Å². The molecule has 0 aliphatic carbocycles. The second-order valence-corrected chi connectivity index (χ2v) is 11.1. The van der Waals surface area contributed by atoms with Crippen LogP contribution in [0.5, 0.6) is 5.75 Å². The molecule has 1 fully saturated rings. The van der Waals surface area contributed by atoms with E-state index in [0.29, 0.717) is 47.3 Å². The second-order valence-electron chi connectivity index (χ2n) is 11.1. The number of carboxylic acids is 1. The standard InChI is InChI=1S/C19H23N3O3.C13H20N2O2.C5H4O3/c20-16-4-6-17(7-5-16)21-19(23)15-2-1-3-18(14-15)25-13-10-22-8-11-24-12-9-22;1-2-3-4-5-10-17-13(16)15-12-8-6-11(14)7-9-12;6-5(7)4-2-1-3-8-4/h1-7,14H,8-13,20H2,(H,21,23);6-9H,2-5,10,14H2,1H3,(H,15,16);1-3H,(H,6,7). The molecule has 1 aliphatic rings. The molecule has 0 spiro atoms. The Bertz CT molecular complexity index is 1560. The Balaban J connectivity index is 0.000000232. The number of benzene rings is 3. The summed E-state index contributed by atoms with van der Waals surface area (Å²) in [5.41, 5.74) is 14.5. The number of carboxylic acid groups (broad SMARTS) is 1. The van der Waals surface area contributed by atoms with Crippen LogP contribution in [-0.4, -0.2) is 74.0 Å². The molecule has 1 aromatic heterocycles. The summed E-state index contributed by atoms with van der Waals surface area (Å²) in [5, 5.41) is 13.7. The maximum absolute atomic E-state index is 12.4. The summed E-state index contributed by atoms with van der Waals surface area (Å²) in [6, 6.07) is 24.1. The number of hydrogen-bond acceptors (Lipinski definition) is 10. The number of morpholine rings is 1. The Morgan fingerprint density at radius 2 is 1.48 bits per heavy atom. The number of carbonyl (C=O) groups excluding carboxylic acids is 2. The number of nitrogen functional groups attached to an aromatic ring is 2. The molecule has 0 saturated carbocycles. The molecule has 5 rings (SSSR count). The number of amides is 2. The van der Waals surface area contributed by atoms with Crippen LogP contribution < -0.4 is 26.8 Å². The second kappa shape index (κ2) is 22.2. The average molecular weight is 690 g/mol. The van der Waals surface area contributed by atoms with E-state index in [4.69, 9.17) is 30.8 Å². The van der Waals surface area contributed by atoms with Gasteiger partial charge in [-0.05, 0) is 85.3 Å². The van der Waals surface area contributed by atoms with Gasteiger partial charge in [-0.25, -0.2) is 9.59 Å². The number of ether oxygens (including phenoxy) is 3. The number of nitrogens with two attached hydrogens (primary N) is 2. The van der Waals surface area contributed by atoms with Crippen molar-refractivity contribution in [2.75, 3.05) is 68.2 Å². The predicted molar refractivity (Wildman–Crippen MR) is 194 cm³/mol. The van der Waals surface area contributed by atoms with Crippen molar-refractivity contribution < 1.29 is 38.1 Å². The van der Waals surface area contributed by atoms with E-state index in [9.17, 15) is 14.4 Å². The van der Waals surface area contributed by atoms with Gasteiger partial charge in [-0.1, -0.05) is 32.3 Å². The summed E-state index contributed by atoms with van der Waals surface area (Å²) in [6.45, 7) is 7.49. The zero-order valence-electron chi connectivity index (χ0n) is 28.3. The normalized spacial score (nSPS) is 12.3. The largest absolute Gasteiger partial charge is 0.492 e. The lowest BCUT2D eigenvalue weighted by Gasteiger charge is -2.26. The predicted octanol–water partition coefficient (Wildman–Crippen LogP) is 6.61. The molecular formula is C37H47N5O8. The van der Waals surface area contributed by atoms with Crippen LogP contribution in [-0.2, 0) is 9.47 Å². The van der Waals surface area contributed by atoms with Gasteiger partial charge in [-0.15, -0.1) is 0 Å². The fraction of sp³-hybridized carbons (Fsp3) is 0.324. The number of carbonyl (C=O) groups is 3. The lowest BCUT2D eigenvalue weighted by atomic mass is 10.2. The molecule has 13 nitrogen and oxygen atoms in total. The lowest BCUT2D eigenvalue weighted by molar-refractivity contribution is 0.0322. The van der Waals surface area contributed by atoms with Crippen LogP contribution in [0.4, 0.5) is 27.5 Å². The molecule has 7 N–H and O–H groups in total. The maximum atomic E-state index is 12.4. The van der Waals surface area contributed by atoms with E-state index in [1.807, 2.05) is 12.1 Å². The van der Waals surface area contributed by atoms with Crippen molar-refractivity contribution in [3.8, 4) is 5.75 Å². The number of nitrogens with zero attached hydrogens (tertiary/aromatic N) is 1. The van der Waals surface area contributed by atoms with Crippen LogP contribution in [0.25, 0.3) is 0 Å². The van der Waals surface area contributed by atoms with Crippen molar-refractivity contribution in [2.24, 2.45) is 0 Å². The molecule has 13 heteroatoms. The highest BCUT2D eigenvalue weighted by atomic mass is 16.5. The minimum absolute atomic E-state index is 0.0231. The molecule has 0 bridgehead atoms. The van der Waals surface area contributed by atoms with E-state index >= 15 is 0 Å². The monoisotopic (exact) mass is 689 g/mol. The Morgan fingerprint density at radius 3 is 2.06 bits per heavy atom. The molecule has 2 heterocycles. The fourth-order valence-corrected chi connectivity index (χ4v) is 4.43. The van der Waals surface area contributed by atoms with Gasteiger partial charge in [0.25, 0.3) is 5.91 Å². The van der Waals surface area contributed by atoms with Crippen LogP contribution in [0.2, 0.25) is 0 Å². The van der Waals surface area contributed by atoms with Gasteiger partial charge in [0.2, 0.25) is 5.76 Å². The number of unbranched alkanes of at least 4 members (excludes halogenated alkanes) is 3. The fourth-order valence-electron chi connectivity index (χ4n) is 4.43. The summed E-state index contributed by atoms with van der Waals surface area (Å²) < 4.78 is 20.7. The topological polar surface area (TPSA) is 192 Å². The quantitative estimate of drug-likeness (QED) is 0.0750. The Hall–Kier alpha value is -5.53. The first-order chi connectivity index (χ1) is 24.2. The molecule has 1 aliphatic heterocycles. The van der Waals surface area contributed by atoms with Crippen LogP contribution in [0.1, 0.15) is 53.5 Å². The molecule has 2 amide bonds. The van der Waals surface area contributed by atoms with Gasteiger partial charge in [0.1, 0.15) is 12.4 Å². The number of aromatic carboxylic acids is 1. The van der Waals surface area contributed by atoms with Gasteiger partial charge < -0.3 is 40.5 Å². The number of rotatable bonds is 13. The summed E-state index contributed by atoms with van der Waals surface area (Å²) >= 11 is 0. The molecule has 0 radical (unpaired) electrons. The van der Waals surface area contributed by atoms with Crippen LogP contribution in [0, 0.1) is 0 Å². The van der Waals surface area contributed by atoms with Crippen molar-refractivity contribution in [1.82, 2.24) is 4.90 Å². The summed E-state index contributed by atoms with van der Waals surface area (Å²) in [6.07, 6.45) is 5.30. The number of furan rings is 1. The molecule has 1 saturated heterocycles. The summed E-state index contributed by atoms with van der Waals surface area (Å²) in [4.78, 5) is 36.0. The van der Waals surface area contributed by atoms with Gasteiger partial charge in [-0.3, -0.25) is 15.0 Å². The van der Waals surface area contributed by atoms with Crippen molar-refractivity contribution >= 4 is 40.7 Å². The average Bonchev–Trinajstić information content (AvgIpc) is 3.68. The highest BCUT2D eigenvalue weighted by Crippen LogP contribution is 2.17. The molecule has 268 valence electrons. The summed E-state index contributed by atoms with van der Waals surface area (Å²) in [5.74, 6) is -0.540. The molecule has 50 heavy (non-hydrogen) atoms. The Morgan fingerprint density at radius 1 is 0.820 bits per heavy atom. The zero-order chi connectivity index (χ0) is 36.0. The van der Waals surface area contributed by atoms with Gasteiger partial charge in [0.05, 0.1) is 26.1 Å². The Kier molecular flexibility index (Phi) is 17.3. The summed E-state index contributed by atoms with van der Waals surface area (Å²) in [7, 11) is 0. The first kappa shape index (κ1) is 38.9. The number of nitrogens with one attached hydrogen (secondary N) is 2. The number of hydrogen-bond donors (Lipinski definition) is 5. The molecule has 0 atom stereocenters. The van der Waals surface area contributed by atoms with E-state index in [2.05, 4.69) is 26.9 Å². The van der Waals surface area contributed by atoms with Gasteiger partial charge in [-0.2, -0.15) is 0 Å². The first-order valence-corrected chi connectivity index (χ1v) is 16.5. The lowest BCUT2D eigenvalue weighted by Crippen LogP contribution is -2.38. The van der Waals surface area contributed by atoms with Gasteiger partial charge in [0.15, 0.2) is 0 Å². The van der Waals surface area contributed by atoms with Crippen LogP contribution in [0.15, 0.2) is 95.6 Å². The molecule has 0 unspecified atom stereocenters. The van der Waals surface area contributed by atoms with Crippen molar-refractivity contribution in [1.29, 1.82) is 0 Å². The smallest absolute Gasteiger partial charge is 0.411 e. The van der Waals surface area contributed by atoms with Crippen LogP contribution in [0.3, 0.4) is 0 Å². The highest BCUT2D eigenvalue weighted by molar-refractivity contribution is 6.04. The highest BCUT2D eigenvalue weighted by Gasteiger charge is 2.11. The van der Waals surface area contributed by atoms with E-state index in [-0.39, 0.29) is 11.7 Å². The SMILES string of the molecule is CCCCCCOC(=O)Nc1ccc(N)cc1.Nc1ccc(NC(=O)c2cccc(OCCN3CCOCC3)c2)cc1.O=C(O)c1ccco1. The zero-order valence-corrected chi connectivity index (χ0v) is 28.3. The van der Waals surface area contributed by atoms with Crippen LogP contribution >= 0.6 is 0 Å². The first-order valence-electron chi connectivity index (χ1n) is 16.5.